The molecule has 144 valence electrons. The smallest absolute Gasteiger partial charge is 0.870 e. The Kier molecular flexibility index (Phi) is 11.8. The minimum atomic E-state index is -1.48. The summed E-state index contributed by atoms with van der Waals surface area (Å²) >= 11 is 0. The Hall–Kier alpha value is -1.32. The molecule has 8 N–H and O–H groups in total. The van der Waals surface area contributed by atoms with Crippen LogP contribution in [0.5, 0.6) is 0 Å². The van der Waals surface area contributed by atoms with E-state index in [2.05, 4.69) is 9.47 Å². The van der Waals surface area contributed by atoms with Crippen molar-refractivity contribution in [2.24, 2.45) is 0 Å². The number of hydrogen-bond donors (Lipinski definition) is 6. The summed E-state index contributed by atoms with van der Waals surface area (Å²) in [5.41, 5.74) is 0. The molecular weight excluding hydrogens is 392 g/mol. The van der Waals surface area contributed by atoms with Crippen molar-refractivity contribution in [1.29, 1.82) is 0 Å². The molecule has 0 aromatic heterocycles. The first-order valence-corrected chi connectivity index (χ1v) is 6.35. The van der Waals surface area contributed by atoms with Crippen molar-refractivity contribution in [3.8, 4) is 0 Å². The molecule has 0 aliphatic carbocycles. The second kappa shape index (κ2) is 11.4. The van der Waals surface area contributed by atoms with Crippen LogP contribution in [-0.4, -0.2) is 123 Å². The number of rotatable bonds is 4. The summed E-state index contributed by atoms with van der Waals surface area (Å²) < 4.78 is 8.51. The van der Waals surface area contributed by atoms with Crippen LogP contribution < -0.4 is 10.2 Å². The molecule has 0 bridgehead atoms. The Bertz CT molecular complexity index is 521. The molecule has 0 amide bonds. The van der Waals surface area contributed by atoms with Crippen molar-refractivity contribution < 1.29 is 65.4 Å². The third-order valence-electron chi connectivity index (χ3n) is 2.91. The summed E-state index contributed by atoms with van der Waals surface area (Å²) in [6.07, 6.45) is -5.90. The first-order valence-electron chi connectivity index (χ1n) is 6.35. The van der Waals surface area contributed by atoms with Crippen molar-refractivity contribution in [3.05, 3.63) is 23.0 Å². The SMILES string of the molecule is O.O=C1O[C@H]([C@@H](O)CO)C([O-])=C1O.O=C1O[C@H]([C@@H](O)CO)C([O-])=C1O.[Ca+2]. The molecule has 2 rings (SSSR count). The Morgan fingerprint density at radius 3 is 1.27 bits per heavy atom. The maximum Gasteiger partial charge on any atom is 2.00 e. The molecule has 0 unspecified atom stereocenters. The molecule has 0 aromatic rings. The van der Waals surface area contributed by atoms with E-state index < -0.39 is 72.6 Å². The normalized spacial score (nSPS) is 23.8. The Morgan fingerprint density at radius 2 is 1.12 bits per heavy atom. The standard InChI is InChI=1S/2C6H8O6.Ca.H2O/c2*7-1-2(8)5-3(9)4(10)6(11)12-5;;/h2*2,5,7-10H,1H2;;1H2/q;;+2;/p-2/t2*2-,5+;;/m00../s1. The van der Waals surface area contributed by atoms with Gasteiger partial charge in [0.1, 0.15) is 24.4 Å². The van der Waals surface area contributed by atoms with Gasteiger partial charge >= 0.3 is 49.7 Å². The van der Waals surface area contributed by atoms with Gasteiger partial charge in [-0.1, -0.05) is 0 Å². The molecular formula is C12H16CaO13. The third kappa shape index (κ3) is 5.85. The predicted molar refractivity (Wildman–Crippen MR) is 74.6 cm³/mol. The van der Waals surface area contributed by atoms with Crippen LogP contribution in [0.25, 0.3) is 0 Å². The van der Waals surface area contributed by atoms with Gasteiger partial charge < -0.3 is 55.8 Å². The zero-order valence-electron chi connectivity index (χ0n) is 13.1. The van der Waals surface area contributed by atoms with E-state index in [1.165, 1.54) is 0 Å². The summed E-state index contributed by atoms with van der Waals surface area (Å²) in [5, 5.41) is 73.6. The van der Waals surface area contributed by atoms with Gasteiger partial charge in [0.15, 0.2) is 11.5 Å². The first kappa shape index (κ1) is 26.9. The average Bonchev–Trinajstić information content (AvgIpc) is 2.98. The van der Waals surface area contributed by atoms with E-state index >= 15 is 0 Å². The van der Waals surface area contributed by atoms with Crippen molar-refractivity contribution in [2.75, 3.05) is 13.2 Å². The Morgan fingerprint density at radius 1 is 0.846 bits per heavy atom. The van der Waals surface area contributed by atoms with E-state index in [1.807, 2.05) is 0 Å². The van der Waals surface area contributed by atoms with Crippen LogP contribution >= 0.6 is 0 Å². The molecule has 4 atom stereocenters. The summed E-state index contributed by atoms with van der Waals surface area (Å²) in [6.45, 7) is -1.42. The molecule has 0 fully saturated rings. The van der Waals surface area contributed by atoms with Crippen LogP contribution in [0, 0.1) is 0 Å². The molecule has 13 nitrogen and oxygen atoms in total. The van der Waals surface area contributed by atoms with Gasteiger partial charge in [0.25, 0.3) is 0 Å². The van der Waals surface area contributed by atoms with Gasteiger partial charge in [-0.05, 0) is 11.5 Å². The maximum absolute atomic E-state index is 10.8. The minimum Gasteiger partial charge on any atom is -0.870 e. The second-order valence-corrected chi connectivity index (χ2v) is 4.58. The minimum absolute atomic E-state index is 0. The zero-order chi connectivity index (χ0) is 18.6. The number of cyclic esters (lactones) is 2. The maximum atomic E-state index is 10.8. The summed E-state index contributed by atoms with van der Waals surface area (Å²) in [7, 11) is 0. The van der Waals surface area contributed by atoms with Crippen LogP contribution in [0.4, 0.5) is 0 Å². The Balaban J connectivity index is 0. The number of carbonyl (C=O) groups is 2. The molecule has 2 aliphatic heterocycles. The largest absolute Gasteiger partial charge is 2.00 e. The number of hydrogen-bond acceptors (Lipinski definition) is 12. The van der Waals surface area contributed by atoms with Crippen LogP contribution in [0.15, 0.2) is 23.0 Å². The van der Waals surface area contributed by atoms with Crippen LogP contribution in [0.1, 0.15) is 0 Å². The molecule has 0 aromatic carbocycles. The van der Waals surface area contributed by atoms with Gasteiger partial charge in [-0.25, -0.2) is 9.59 Å². The number of ether oxygens (including phenoxy) is 2. The number of carbonyl (C=O) groups excluding carboxylic acids is 2. The number of aliphatic hydroxyl groups is 6. The fourth-order valence-corrected chi connectivity index (χ4v) is 1.62. The van der Waals surface area contributed by atoms with E-state index in [0.717, 1.165) is 0 Å². The summed E-state index contributed by atoms with van der Waals surface area (Å²) in [4.78, 5) is 21.0. The van der Waals surface area contributed by atoms with Crippen molar-refractivity contribution in [2.45, 2.75) is 24.4 Å². The van der Waals surface area contributed by atoms with Crippen LogP contribution in [0.3, 0.4) is 0 Å². The quantitative estimate of drug-likeness (QED) is 0.187. The van der Waals surface area contributed by atoms with Crippen molar-refractivity contribution in [3.63, 3.8) is 0 Å². The summed E-state index contributed by atoms with van der Waals surface area (Å²) in [6, 6.07) is 0. The van der Waals surface area contributed by atoms with Gasteiger partial charge in [0.2, 0.25) is 0 Å². The molecule has 2 heterocycles. The topological polar surface area (TPSA) is 252 Å². The van der Waals surface area contributed by atoms with Crippen LogP contribution in [0.2, 0.25) is 0 Å². The Labute approximate surface area is 175 Å². The van der Waals surface area contributed by atoms with Crippen molar-refractivity contribution in [1.82, 2.24) is 0 Å². The molecule has 0 spiro atoms. The first-order chi connectivity index (χ1) is 11.1. The molecule has 26 heavy (non-hydrogen) atoms. The van der Waals surface area contributed by atoms with Crippen LogP contribution in [-0.2, 0) is 19.1 Å². The monoisotopic (exact) mass is 408 g/mol. The molecule has 0 saturated carbocycles. The second-order valence-electron chi connectivity index (χ2n) is 4.58. The van der Waals surface area contributed by atoms with Gasteiger partial charge in [-0.15, -0.1) is 0 Å². The summed E-state index contributed by atoms with van der Waals surface area (Å²) in [5.74, 6) is -6.40. The van der Waals surface area contributed by atoms with Gasteiger partial charge in [0, 0.05) is 0 Å². The number of esters is 2. The van der Waals surface area contributed by atoms with E-state index in [9.17, 15) is 19.8 Å². The average molecular weight is 408 g/mol. The van der Waals surface area contributed by atoms with Gasteiger partial charge in [-0.3, -0.25) is 0 Å². The van der Waals surface area contributed by atoms with E-state index in [-0.39, 0.29) is 43.2 Å². The predicted octanol–water partition coefficient (Wildman–Crippen LogP) is -6.42. The fraction of sp³-hybridized carbons (Fsp3) is 0.500. The molecule has 0 saturated heterocycles. The van der Waals surface area contributed by atoms with E-state index in [1.54, 1.807) is 0 Å². The molecule has 0 radical (unpaired) electrons. The number of aliphatic hydroxyl groups excluding tert-OH is 6. The van der Waals surface area contributed by atoms with Crippen molar-refractivity contribution >= 4 is 49.7 Å². The van der Waals surface area contributed by atoms with Gasteiger partial charge in [-0.2, -0.15) is 0 Å². The fourth-order valence-electron chi connectivity index (χ4n) is 1.62. The van der Waals surface area contributed by atoms with E-state index in [4.69, 9.17) is 30.6 Å². The van der Waals surface area contributed by atoms with E-state index in [0.29, 0.717) is 0 Å². The third-order valence-corrected chi connectivity index (χ3v) is 2.91. The molecule has 2 aliphatic rings. The molecule has 14 heteroatoms. The van der Waals surface area contributed by atoms with Gasteiger partial charge in [0.05, 0.1) is 13.2 Å². The zero-order valence-corrected chi connectivity index (χ0v) is 15.3.